The van der Waals surface area contributed by atoms with Gasteiger partial charge in [-0.25, -0.2) is 9.13 Å². The smallest absolute Gasteiger partial charge is 0.462 e. The number of hydrogen-bond acceptors (Lipinski definition) is 15. The molecule has 19 heteroatoms. The van der Waals surface area contributed by atoms with Gasteiger partial charge >= 0.3 is 39.5 Å². The Morgan fingerprint density at radius 2 is 0.505 bits per heavy atom. The van der Waals surface area contributed by atoms with E-state index in [9.17, 15) is 43.2 Å². The summed E-state index contributed by atoms with van der Waals surface area (Å²) in [5.41, 5.74) is 0. The molecule has 0 aliphatic heterocycles. The van der Waals surface area contributed by atoms with E-state index in [-0.39, 0.29) is 25.7 Å². The van der Waals surface area contributed by atoms with E-state index in [2.05, 4.69) is 41.5 Å². The molecular weight excluding hydrogens is 1200 g/mol. The predicted molar refractivity (Wildman–Crippen MR) is 368 cm³/mol. The third kappa shape index (κ3) is 66.5. The molecule has 0 aliphatic rings. The molecule has 0 spiro atoms. The summed E-state index contributed by atoms with van der Waals surface area (Å²) >= 11 is 0. The second-order valence-electron chi connectivity index (χ2n) is 26.9. The van der Waals surface area contributed by atoms with Crippen LogP contribution in [0.15, 0.2) is 0 Å². The molecule has 5 atom stereocenters. The summed E-state index contributed by atoms with van der Waals surface area (Å²) in [6.45, 7) is 9.41. The molecule has 0 rings (SSSR count). The molecule has 540 valence electrons. The first-order valence-corrected chi connectivity index (χ1v) is 40.5. The molecule has 0 bridgehead atoms. The highest BCUT2D eigenvalue weighted by molar-refractivity contribution is 7.47. The first-order chi connectivity index (χ1) is 43.9. The Morgan fingerprint density at radius 3 is 0.747 bits per heavy atom. The van der Waals surface area contributed by atoms with E-state index >= 15 is 0 Å². The maximum Gasteiger partial charge on any atom is 0.472 e. The molecule has 0 aromatic rings. The number of aliphatic hydroxyl groups excluding tert-OH is 1. The van der Waals surface area contributed by atoms with Crippen LogP contribution in [-0.4, -0.2) is 96.7 Å². The number of phosphoric acid groups is 2. The van der Waals surface area contributed by atoms with Gasteiger partial charge in [-0.1, -0.05) is 318 Å². The van der Waals surface area contributed by atoms with Crippen LogP contribution in [0.3, 0.4) is 0 Å². The minimum atomic E-state index is -4.95. The fourth-order valence-corrected chi connectivity index (χ4v) is 12.5. The quantitative estimate of drug-likeness (QED) is 0.0222. The number of esters is 4. The predicted octanol–water partition coefficient (Wildman–Crippen LogP) is 20.8. The third-order valence-electron chi connectivity index (χ3n) is 16.7. The van der Waals surface area contributed by atoms with Crippen LogP contribution in [0.25, 0.3) is 0 Å². The number of hydrogen-bond donors (Lipinski definition) is 3. The number of unbranched alkanes of at least 4 members (excludes halogenated alkanes) is 41. The summed E-state index contributed by atoms with van der Waals surface area (Å²) in [6.07, 6.45) is 50.5. The van der Waals surface area contributed by atoms with Crippen LogP contribution in [0.2, 0.25) is 0 Å². The van der Waals surface area contributed by atoms with E-state index in [1.54, 1.807) is 0 Å². The van der Waals surface area contributed by atoms with Crippen molar-refractivity contribution in [1.29, 1.82) is 0 Å². The molecule has 17 nitrogen and oxygen atoms in total. The molecule has 0 saturated carbocycles. The fraction of sp³-hybridized carbons (Fsp3) is 0.944. The van der Waals surface area contributed by atoms with Crippen molar-refractivity contribution < 1.29 is 80.2 Å². The summed E-state index contributed by atoms with van der Waals surface area (Å²) in [5.74, 6) is -0.735. The zero-order valence-electron chi connectivity index (χ0n) is 59.1. The van der Waals surface area contributed by atoms with Crippen LogP contribution in [0.1, 0.15) is 369 Å². The van der Waals surface area contributed by atoms with E-state index < -0.39 is 97.5 Å². The van der Waals surface area contributed by atoms with Crippen LogP contribution >= 0.6 is 15.6 Å². The van der Waals surface area contributed by atoms with Crippen molar-refractivity contribution in [2.75, 3.05) is 39.6 Å². The monoisotopic (exact) mass is 1340 g/mol. The molecule has 0 aromatic heterocycles. The number of carbonyl (C=O) groups is 4. The van der Waals surface area contributed by atoms with Gasteiger partial charge in [0, 0.05) is 25.7 Å². The van der Waals surface area contributed by atoms with Gasteiger partial charge in [0.1, 0.15) is 19.3 Å². The molecule has 0 aromatic carbocycles. The Kier molecular flexibility index (Phi) is 62.7. The van der Waals surface area contributed by atoms with Gasteiger partial charge in [0.25, 0.3) is 0 Å². The van der Waals surface area contributed by atoms with E-state index in [0.717, 1.165) is 95.8 Å². The highest BCUT2D eigenvalue weighted by atomic mass is 31.2. The van der Waals surface area contributed by atoms with Gasteiger partial charge in [-0.3, -0.25) is 37.3 Å². The van der Waals surface area contributed by atoms with Crippen LogP contribution in [0, 0.1) is 11.8 Å². The van der Waals surface area contributed by atoms with Gasteiger partial charge in [0.15, 0.2) is 12.2 Å². The minimum absolute atomic E-state index is 0.102. The number of carbonyl (C=O) groups excluding carboxylic acids is 4. The number of ether oxygens (including phenoxy) is 4. The van der Waals surface area contributed by atoms with Gasteiger partial charge in [-0.15, -0.1) is 0 Å². The summed E-state index contributed by atoms with van der Waals surface area (Å²) < 4.78 is 68.2. The lowest BCUT2D eigenvalue weighted by molar-refractivity contribution is -0.161. The van der Waals surface area contributed by atoms with Gasteiger partial charge < -0.3 is 33.8 Å². The summed E-state index contributed by atoms with van der Waals surface area (Å²) in [6, 6.07) is 0. The summed E-state index contributed by atoms with van der Waals surface area (Å²) in [7, 11) is -9.90. The zero-order valence-corrected chi connectivity index (χ0v) is 60.9. The molecule has 91 heavy (non-hydrogen) atoms. The summed E-state index contributed by atoms with van der Waals surface area (Å²) in [4.78, 5) is 72.4. The van der Waals surface area contributed by atoms with E-state index in [4.69, 9.17) is 37.0 Å². The Labute approximate surface area is 556 Å². The lowest BCUT2D eigenvalue weighted by Crippen LogP contribution is -2.30. The Balaban J connectivity index is 5.12. The summed E-state index contributed by atoms with van der Waals surface area (Å²) in [5, 5.41) is 10.6. The minimum Gasteiger partial charge on any atom is -0.462 e. The lowest BCUT2D eigenvalue weighted by Gasteiger charge is -2.21. The zero-order chi connectivity index (χ0) is 67.2. The van der Waals surface area contributed by atoms with Crippen LogP contribution < -0.4 is 0 Å². The Morgan fingerprint density at radius 1 is 0.297 bits per heavy atom. The topological polar surface area (TPSA) is 237 Å². The van der Waals surface area contributed by atoms with Crippen molar-refractivity contribution in [3.63, 3.8) is 0 Å². The fourth-order valence-electron chi connectivity index (χ4n) is 10.9. The number of phosphoric ester groups is 2. The second kappa shape index (κ2) is 64.1. The molecule has 0 heterocycles. The molecule has 2 unspecified atom stereocenters. The first kappa shape index (κ1) is 89.1. The van der Waals surface area contributed by atoms with Gasteiger partial charge in [-0.05, 0) is 37.5 Å². The largest absolute Gasteiger partial charge is 0.472 e. The van der Waals surface area contributed by atoms with Crippen LogP contribution in [0.5, 0.6) is 0 Å². The van der Waals surface area contributed by atoms with Gasteiger partial charge in [0.05, 0.1) is 26.4 Å². The number of rotatable bonds is 71. The van der Waals surface area contributed by atoms with Crippen LogP contribution in [0.4, 0.5) is 0 Å². The van der Waals surface area contributed by atoms with Crippen molar-refractivity contribution >= 4 is 39.5 Å². The van der Waals surface area contributed by atoms with E-state index in [1.165, 1.54) is 186 Å². The normalized spacial score (nSPS) is 14.1. The van der Waals surface area contributed by atoms with Crippen molar-refractivity contribution in [2.45, 2.75) is 387 Å². The SMILES string of the molecule is CCCCCCCCCCCCCCCCCCCCCCCCC(=O)O[C@H](COC(=O)CCCCCCCCCCC(C)C)COP(=O)(O)OC[C@@H](O)COP(=O)(O)OC[C@@H](COC(=O)CCCCCCCCCCC)OC(=O)CCCCCCCCC(C)C. The van der Waals surface area contributed by atoms with E-state index in [0.29, 0.717) is 31.6 Å². The maximum absolute atomic E-state index is 13.0. The van der Waals surface area contributed by atoms with Crippen LogP contribution in [-0.2, 0) is 65.4 Å². The first-order valence-electron chi connectivity index (χ1n) is 37.5. The van der Waals surface area contributed by atoms with Gasteiger partial charge in [-0.2, -0.15) is 0 Å². The van der Waals surface area contributed by atoms with Gasteiger partial charge in [0.2, 0.25) is 0 Å². The Bertz CT molecular complexity index is 1770. The molecular formula is C72H140O17P2. The molecule has 3 N–H and O–H groups in total. The second-order valence-corrected chi connectivity index (χ2v) is 29.8. The maximum atomic E-state index is 13.0. The average Bonchev–Trinajstić information content (AvgIpc) is 3.66. The molecule has 0 saturated heterocycles. The molecule has 0 aliphatic carbocycles. The van der Waals surface area contributed by atoms with E-state index in [1.807, 2.05) is 0 Å². The molecule has 0 amide bonds. The van der Waals surface area contributed by atoms with Crippen molar-refractivity contribution in [1.82, 2.24) is 0 Å². The van der Waals surface area contributed by atoms with Crippen molar-refractivity contribution in [3.05, 3.63) is 0 Å². The van der Waals surface area contributed by atoms with Crippen molar-refractivity contribution in [3.8, 4) is 0 Å². The lowest BCUT2D eigenvalue weighted by atomic mass is 10.0. The number of aliphatic hydroxyl groups is 1. The third-order valence-corrected chi connectivity index (χ3v) is 18.6. The van der Waals surface area contributed by atoms with Crippen molar-refractivity contribution in [2.24, 2.45) is 11.8 Å². The average molecular weight is 1340 g/mol. The Hall–Kier alpha value is -1.94. The highest BCUT2D eigenvalue weighted by Crippen LogP contribution is 2.45. The highest BCUT2D eigenvalue weighted by Gasteiger charge is 2.30. The molecule has 0 fully saturated rings. The molecule has 0 radical (unpaired) electrons. The standard InChI is InChI=1S/C72H140O17P2/c1-7-9-11-13-15-17-18-19-20-21-22-23-24-25-26-27-28-29-31-37-44-50-56-71(76)88-67(60-83-70(75)55-49-43-36-33-32-34-40-46-52-64(3)4)62-86-90(78,79)84-58-66(73)59-85-91(80,81)87-63-68(89-72(77)57-51-45-39-38-41-47-53-65(5)6)61-82-69(74)54-48-42-35-30-16-14-12-10-8-2/h64-68,73H,7-63H2,1-6H3,(H,78,79)(H,80,81)/t66-,67-,68-/m1/s1.